The molecule has 0 radical (unpaired) electrons. The second kappa shape index (κ2) is 8.87. The fourth-order valence-corrected chi connectivity index (χ4v) is 4.25. The van der Waals surface area contributed by atoms with Crippen LogP contribution in [0.4, 0.5) is 4.79 Å². The van der Waals surface area contributed by atoms with Crippen LogP contribution in [0.5, 0.6) is 0 Å². The van der Waals surface area contributed by atoms with E-state index in [0.29, 0.717) is 10.7 Å². The molecule has 9 nitrogen and oxygen atoms in total. The van der Waals surface area contributed by atoms with E-state index < -0.39 is 40.2 Å². The quantitative estimate of drug-likeness (QED) is 0.395. The maximum Gasteiger partial charge on any atom is 0.410 e. The van der Waals surface area contributed by atoms with Crippen LogP contribution in [0.2, 0.25) is 0 Å². The molecule has 1 aliphatic rings. The van der Waals surface area contributed by atoms with Crippen molar-refractivity contribution in [2.24, 2.45) is 5.73 Å². The monoisotopic (exact) mass is 433 g/mol. The van der Waals surface area contributed by atoms with E-state index in [4.69, 9.17) is 19.4 Å². The Hall–Kier alpha value is -1.53. The summed E-state index contributed by atoms with van der Waals surface area (Å²) in [5, 5.41) is 2.35. The maximum atomic E-state index is 12.4. The van der Waals surface area contributed by atoms with Gasteiger partial charge in [0.05, 0.1) is 36.2 Å². The molecule has 0 spiro atoms. The zero-order chi connectivity index (χ0) is 21.1. The Kier molecular flexibility index (Phi) is 7.21. The lowest BCUT2D eigenvalue weighted by Gasteiger charge is -2.24. The van der Waals surface area contributed by atoms with E-state index in [-0.39, 0.29) is 19.6 Å². The summed E-state index contributed by atoms with van der Waals surface area (Å²) in [5.41, 5.74) is 6.22. The Labute approximate surface area is 169 Å². The molecule has 1 fully saturated rings. The van der Waals surface area contributed by atoms with Gasteiger partial charge < -0.3 is 15.2 Å². The van der Waals surface area contributed by atoms with Crippen LogP contribution in [-0.2, 0) is 23.8 Å². The summed E-state index contributed by atoms with van der Waals surface area (Å²) in [6.45, 7) is 9.31. The van der Waals surface area contributed by atoms with E-state index in [1.165, 1.54) is 22.3 Å². The Morgan fingerprint density at radius 3 is 2.79 bits per heavy atom. The van der Waals surface area contributed by atoms with E-state index in [1.807, 2.05) is 20.8 Å². The van der Waals surface area contributed by atoms with Gasteiger partial charge in [-0.2, -0.15) is 8.42 Å². The third-order valence-electron chi connectivity index (χ3n) is 3.74. The third-order valence-corrected chi connectivity index (χ3v) is 5.28. The lowest BCUT2D eigenvalue weighted by Crippen LogP contribution is -2.33. The van der Waals surface area contributed by atoms with Crippen LogP contribution >= 0.6 is 11.3 Å². The van der Waals surface area contributed by atoms with Gasteiger partial charge in [-0.1, -0.05) is 12.7 Å². The van der Waals surface area contributed by atoms with Gasteiger partial charge in [0.1, 0.15) is 11.6 Å². The minimum Gasteiger partial charge on any atom is -0.445 e. The molecule has 1 aromatic heterocycles. The molecule has 0 bridgehead atoms. The number of amides is 1. The van der Waals surface area contributed by atoms with Crippen molar-refractivity contribution in [2.75, 3.05) is 19.4 Å². The molecule has 2 rings (SSSR count). The molecule has 0 aromatic carbocycles. The van der Waals surface area contributed by atoms with E-state index in [2.05, 4.69) is 11.6 Å². The molecule has 2 heterocycles. The van der Waals surface area contributed by atoms with E-state index in [0.717, 1.165) is 6.26 Å². The maximum absolute atomic E-state index is 12.4. The molecule has 1 aliphatic heterocycles. The topological polar surface area (TPSA) is 121 Å². The van der Waals surface area contributed by atoms with Crippen molar-refractivity contribution in [3.8, 4) is 0 Å². The number of nitrogens with zero attached hydrogens (tertiary/aromatic N) is 2. The number of ether oxygens (including phenoxy) is 2. The molecule has 1 amide bonds. The second-order valence-electron chi connectivity index (χ2n) is 7.45. The van der Waals surface area contributed by atoms with Gasteiger partial charge in [-0.25, -0.2) is 9.78 Å². The first kappa shape index (κ1) is 22.8. The number of aromatic nitrogens is 1. The number of rotatable bonds is 7. The van der Waals surface area contributed by atoms with Crippen molar-refractivity contribution < 1.29 is 26.9 Å². The number of carbonyl (C=O) groups is 1. The SMILES string of the molecule is C=CCOC(=O)N1C[C@H](OS(C)(=O)=O)C[C@H]1c1csc(C(N)OC(C)(C)C)n1. The summed E-state index contributed by atoms with van der Waals surface area (Å²) >= 11 is 1.32. The highest BCUT2D eigenvalue weighted by Crippen LogP contribution is 2.36. The van der Waals surface area contributed by atoms with Crippen molar-refractivity contribution >= 4 is 27.5 Å². The lowest BCUT2D eigenvalue weighted by molar-refractivity contribution is -0.0589. The summed E-state index contributed by atoms with van der Waals surface area (Å²) in [6, 6.07) is -0.490. The predicted molar refractivity (Wildman–Crippen MR) is 105 cm³/mol. The minimum absolute atomic E-state index is 0.0479. The van der Waals surface area contributed by atoms with Gasteiger partial charge in [0.15, 0.2) is 6.23 Å². The van der Waals surface area contributed by atoms with Gasteiger partial charge in [0, 0.05) is 11.8 Å². The van der Waals surface area contributed by atoms with Crippen LogP contribution in [-0.4, -0.2) is 55.5 Å². The molecular weight excluding hydrogens is 406 g/mol. The Bertz CT molecular complexity index is 802. The molecule has 1 aromatic rings. The van der Waals surface area contributed by atoms with Gasteiger partial charge in [0.25, 0.3) is 10.1 Å². The summed E-state index contributed by atoms with van der Waals surface area (Å²) in [4.78, 5) is 18.3. The van der Waals surface area contributed by atoms with Crippen LogP contribution in [0.3, 0.4) is 0 Å². The number of thiazole rings is 1. The van der Waals surface area contributed by atoms with Gasteiger partial charge in [-0.3, -0.25) is 9.08 Å². The number of likely N-dealkylation sites (tertiary alicyclic amines) is 1. The molecule has 2 N–H and O–H groups in total. The van der Waals surface area contributed by atoms with Gasteiger partial charge >= 0.3 is 6.09 Å². The number of nitrogens with two attached hydrogens (primary N) is 1. The van der Waals surface area contributed by atoms with Crippen molar-refractivity contribution in [2.45, 2.75) is 51.2 Å². The van der Waals surface area contributed by atoms with E-state index in [9.17, 15) is 13.2 Å². The highest BCUT2D eigenvalue weighted by atomic mass is 32.2. The Morgan fingerprint density at radius 1 is 1.54 bits per heavy atom. The molecule has 28 heavy (non-hydrogen) atoms. The van der Waals surface area contributed by atoms with Crippen LogP contribution < -0.4 is 5.73 Å². The first-order chi connectivity index (χ1) is 12.9. The minimum atomic E-state index is -3.66. The zero-order valence-electron chi connectivity index (χ0n) is 16.5. The molecule has 3 atom stereocenters. The summed E-state index contributed by atoms with van der Waals surface area (Å²) in [5.74, 6) is 0. The summed E-state index contributed by atoms with van der Waals surface area (Å²) in [7, 11) is -3.66. The standard InChI is InChI=1S/C17H27N3O6S2/c1-6-7-24-16(21)20-9-11(26-28(5,22)23)8-13(20)12-10-27-15(19-12)14(18)25-17(2,3)4/h6,10-11,13-14H,1,7-9,18H2,2-5H3/t11-,13+,14?/m1/s1. The largest absolute Gasteiger partial charge is 0.445 e. The van der Waals surface area contributed by atoms with Crippen molar-refractivity contribution in [1.82, 2.24) is 9.88 Å². The highest BCUT2D eigenvalue weighted by molar-refractivity contribution is 7.86. The Balaban J connectivity index is 2.21. The van der Waals surface area contributed by atoms with Gasteiger partial charge in [-0.15, -0.1) is 11.3 Å². The molecule has 11 heteroatoms. The normalized spacial score (nSPS) is 21.5. The van der Waals surface area contributed by atoms with Crippen LogP contribution in [0.15, 0.2) is 18.0 Å². The lowest BCUT2D eigenvalue weighted by atomic mass is 10.1. The van der Waals surface area contributed by atoms with E-state index in [1.54, 1.807) is 5.38 Å². The number of hydrogen-bond acceptors (Lipinski definition) is 9. The molecule has 0 saturated carbocycles. The fourth-order valence-electron chi connectivity index (χ4n) is 2.83. The number of hydrogen-bond donors (Lipinski definition) is 1. The van der Waals surface area contributed by atoms with Crippen molar-refractivity contribution in [3.05, 3.63) is 28.7 Å². The molecule has 158 valence electrons. The Morgan fingerprint density at radius 2 is 2.21 bits per heavy atom. The van der Waals surface area contributed by atoms with Crippen molar-refractivity contribution in [3.63, 3.8) is 0 Å². The first-order valence-corrected chi connectivity index (χ1v) is 11.4. The average Bonchev–Trinajstić information content (AvgIpc) is 3.16. The van der Waals surface area contributed by atoms with E-state index >= 15 is 0 Å². The first-order valence-electron chi connectivity index (χ1n) is 8.71. The molecular formula is C17H27N3O6S2. The summed E-state index contributed by atoms with van der Waals surface area (Å²) in [6.07, 6.45) is 0.732. The zero-order valence-corrected chi connectivity index (χ0v) is 18.1. The van der Waals surface area contributed by atoms with Crippen LogP contribution in [0.1, 0.15) is 50.2 Å². The molecule has 0 aliphatic carbocycles. The van der Waals surface area contributed by atoms with Gasteiger partial charge in [-0.05, 0) is 20.8 Å². The number of carbonyl (C=O) groups excluding carboxylic acids is 1. The highest BCUT2D eigenvalue weighted by Gasteiger charge is 2.40. The molecule has 1 unspecified atom stereocenters. The van der Waals surface area contributed by atoms with Crippen LogP contribution in [0, 0.1) is 0 Å². The van der Waals surface area contributed by atoms with Gasteiger partial charge in [0.2, 0.25) is 0 Å². The summed E-state index contributed by atoms with van der Waals surface area (Å²) < 4.78 is 38.9. The van der Waals surface area contributed by atoms with Crippen LogP contribution in [0.25, 0.3) is 0 Å². The smallest absolute Gasteiger partial charge is 0.410 e. The third kappa shape index (κ3) is 6.52. The predicted octanol–water partition coefficient (Wildman–Crippen LogP) is 2.33. The molecule has 1 saturated heterocycles. The second-order valence-corrected chi connectivity index (χ2v) is 9.94. The average molecular weight is 434 g/mol. The van der Waals surface area contributed by atoms with Crippen molar-refractivity contribution in [1.29, 1.82) is 0 Å². The fraction of sp³-hybridized carbons (Fsp3) is 0.647.